The molecular weight excluding hydrogens is 248 g/mol. The summed E-state index contributed by atoms with van der Waals surface area (Å²) in [6, 6.07) is 12.6. The van der Waals surface area contributed by atoms with Gasteiger partial charge in [-0.15, -0.1) is 0 Å². The number of para-hydroxylation sites is 1. The maximum Gasteiger partial charge on any atom is 0.123 e. The van der Waals surface area contributed by atoms with Crippen molar-refractivity contribution in [1.82, 2.24) is 9.88 Å². The van der Waals surface area contributed by atoms with Crippen LogP contribution in [0.2, 0.25) is 0 Å². The summed E-state index contributed by atoms with van der Waals surface area (Å²) in [5.41, 5.74) is 2.68. The van der Waals surface area contributed by atoms with E-state index in [-0.39, 0.29) is 6.10 Å². The van der Waals surface area contributed by atoms with Gasteiger partial charge < -0.3 is 14.6 Å². The zero-order chi connectivity index (χ0) is 13.8. The largest absolute Gasteiger partial charge is 0.488 e. The Morgan fingerprint density at radius 2 is 2.15 bits per heavy atom. The molecule has 0 saturated carbocycles. The predicted octanol–water partition coefficient (Wildman–Crippen LogP) is 2.99. The molecule has 2 heterocycles. The van der Waals surface area contributed by atoms with E-state index in [9.17, 15) is 0 Å². The SMILES string of the molecule is CCCn1cccc1CNCC1Cc2ccccc2O1. The van der Waals surface area contributed by atoms with Crippen LogP contribution in [-0.2, 0) is 19.5 Å². The fraction of sp³-hybridized carbons (Fsp3) is 0.412. The number of hydrogen-bond donors (Lipinski definition) is 1. The summed E-state index contributed by atoms with van der Waals surface area (Å²) >= 11 is 0. The monoisotopic (exact) mass is 270 g/mol. The molecule has 20 heavy (non-hydrogen) atoms. The molecule has 0 radical (unpaired) electrons. The molecule has 3 heteroatoms. The molecule has 1 N–H and O–H groups in total. The normalized spacial score (nSPS) is 16.9. The van der Waals surface area contributed by atoms with Crippen LogP contribution < -0.4 is 10.1 Å². The molecule has 106 valence electrons. The first kappa shape index (κ1) is 13.3. The highest BCUT2D eigenvalue weighted by atomic mass is 16.5. The van der Waals surface area contributed by atoms with Crippen molar-refractivity contribution in [1.29, 1.82) is 0 Å². The third kappa shape index (κ3) is 2.88. The maximum atomic E-state index is 5.93. The van der Waals surface area contributed by atoms with Crippen LogP contribution in [0.5, 0.6) is 5.75 Å². The van der Waals surface area contributed by atoms with Crippen LogP contribution in [0.25, 0.3) is 0 Å². The second-order valence-corrected chi connectivity index (χ2v) is 5.38. The number of ether oxygens (including phenoxy) is 1. The summed E-state index contributed by atoms with van der Waals surface area (Å²) < 4.78 is 8.25. The Morgan fingerprint density at radius 1 is 1.25 bits per heavy atom. The predicted molar refractivity (Wildman–Crippen MR) is 81.0 cm³/mol. The average molecular weight is 270 g/mol. The van der Waals surface area contributed by atoms with Crippen LogP contribution in [0.3, 0.4) is 0 Å². The number of fused-ring (bicyclic) bond motifs is 1. The van der Waals surface area contributed by atoms with Crippen LogP contribution in [0.15, 0.2) is 42.6 Å². The summed E-state index contributed by atoms with van der Waals surface area (Å²) in [5.74, 6) is 1.05. The molecule has 0 amide bonds. The second-order valence-electron chi connectivity index (χ2n) is 5.38. The molecule has 2 aromatic rings. The highest BCUT2D eigenvalue weighted by Gasteiger charge is 2.21. The molecule has 1 unspecified atom stereocenters. The van der Waals surface area contributed by atoms with E-state index in [1.54, 1.807) is 0 Å². The Kier molecular flexibility index (Phi) is 4.07. The van der Waals surface area contributed by atoms with Crippen LogP contribution in [0.4, 0.5) is 0 Å². The Balaban J connectivity index is 1.48. The smallest absolute Gasteiger partial charge is 0.123 e. The van der Waals surface area contributed by atoms with E-state index < -0.39 is 0 Å². The first-order valence-corrected chi connectivity index (χ1v) is 7.46. The van der Waals surface area contributed by atoms with Crippen LogP contribution in [0.1, 0.15) is 24.6 Å². The number of rotatable bonds is 6. The highest BCUT2D eigenvalue weighted by Crippen LogP contribution is 2.27. The summed E-state index contributed by atoms with van der Waals surface area (Å²) in [5, 5.41) is 3.52. The van der Waals surface area contributed by atoms with Crippen molar-refractivity contribution >= 4 is 0 Å². The number of benzene rings is 1. The van der Waals surface area contributed by atoms with E-state index in [4.69, 9.17) is 4.74 Å². The number of nitrogens with one attached hydrogen (secondary N) is 1. The lowest BCUT2D eigenvalue weighted by Crippen LogP contribution is -2.30. The number of aryl methyl sites for hydroxylation is 1. The first-order valence-electron chi connectivity index (χ1n) is 7.46. The van der Waals surface area contributed by atoms with E-state index in [1.165, 1.54) is 17.7 Å². The number of nitrogens with zero attached hydrogens (tertiary/aromatic N) is 1. The van der Waals surface area contributed by atoms with E-state index >= 15 is 0 Å². The van der Waals surface area contributed by atoms with Crippen LogP contribution in [-0.4, -0.2) is 17.2 Å². The standard InChI is InChI=1S/C17H22N2O/c1-2-9-19-10-5-7-15(19)12-18-13-16-11-14-6-3-4-8-17(14)20-16/h3-8,10,16,18H,2,9,11-13H2,1H3. The topological polar surface area (TPSA) is 26.2 Å². The summed E-state index contributed by atoms with van der Waals surface area (Å²) in [6.45, 7) is 5.10. The van der Waals surface area contributed by atoms with Crippen molar-refractivity contribution in [2.75, 3.05) is 6.54 Å². The van der Waals surface area contributed by atoms with Gasteiger partial charge in [0.15, 0.2) is 0 Å². The Bertz CT molecular complexity index is 537. The van der Waals surface area contributed by atoms with Gasteiger partial charge in [0, 0.05) is 37.9 Å². The zero-order valence-corrected chi connectivity index (χ0v) is 12.0. The van der Waals surface area contributed by atoms with Crippen molar-refractivity contribution < 1.29 is 4.74 Å². The molecule has 1 atom stereocenters. The van der Waals surface area contributed by atoms with Gasteiger partial charge in [-0.05, 0) is 30.2 Å². The molecule has 1 aromatic carbocycles. The lowest BCUT2D eigenvalue weighted by Gasteiger charge is -2.13. The minimum absolute atomic E-state index is 0.266. The Hall–Kier alpha value is -1.74. The summed E-state index contributed by atoms with van der Waals surface area (Å²) in [7, 11) is 0. The molecule has 0 spiro atoms. The lowest BCUT2D eigenvalue weighted by molar-refractivity contribution is 0.227. The van der Waals surface area contributed by atoms with E-state index in [0.717, 1.165) is 31.8 Å². The van der Waals surface area contributed by atoms with Gasteiger partial charge in [0.2, 0.25) is 0 Å². The van der Waals surface area contributed by atoms with Gasteiger partial charge >= 0.3 is 0 Å². The molecular formula is C17H22N2O. The molecule has 0 bridgehead atoms. The van der Waals surface area contributed by atoms with Crippen molar-refractivity contribution in [3.8, 4) is 5.75 Å². The quantitative estimate of drug-likeness (QED) is 0.873. The third-order valence-corrected chi connectivity index (χ3v) is 3.78. The molecule has 3 nitrogen and oxygen atoms in total. The van der Waals surface area contributed by atoms with E-state index in [0.29, 0.717) is 0 Å². The first-order chi connectivity index (χ1) is 9.86. The molecule has 1 aliphatic heterocycles. The zero-order valence-electron chi connectivity index (χ0n) is 12.0. The van der Waals surface area contributed by atoms with E-state index in [1.807, 2.05) is 6.07 Å². The molecule has 1 aromatic heterocycles. The fourth-order valence-corrected chi connectivity index (χ4v) is 2.80. The average Bonchev–Trinajstić information content (AvgIpc) is 3.06. The Labute approximate surface area is 120 Å². The molecule has 0 saturated heterocycles. The molecule has 0 fully saturated rings. The second kappa shape index (κ2) is 6.14. The van der Waals surface area contributed by atoms with Gasteiger partial charge in [-0.1, -0.05) is 25.1 Å². The summed E-state index contributed by atoms with van der Waals surface area (Å²) in [6.07, 6.45) is 4.60. The van der Waals surface area contributed by atoms with Gasteiger partial charge in [-0.25, -0.2) is 0 Å². The van der Waals surface area contributed by atoms with Crippen LogP contribution >= 0.6 is 0 Å². The van der Waals surface area contributed by atoms with E-state index in [2.05, 4.69) is 53.3 Å². The van der Waals surface area contributed by atoms with Gasteiger partial charge in [-0.2, -0.15) is 0 Å². The van der Waals surface area contributed by atoms with Gasteiger partial charge in [0.25, 0.3) is 0 Å². The van der Waals surface area contributed by atoms with Crippen molar-refractivity contribution in [2.45, 2.75) is 39.0 Å². The Morgan fingerprint density at radius 3 is 3.00 bits per heavy atom. The van der Waals surface area contributed by atoms with Gasteiger partial charge in [-0.3, -0.25) is 0 Å². The number of aromatic nitrogens is 1. The maximum absolute atomic E-state index is 5.93. The molecule has 0 aliphatic carbocycles. The fourth-order valence-electron chi connectivity index (χ4n) is 2.80. The lowest BCUT2D eigenvalue weighted by atomic mass is 10.1. The molecule has 1 aliphatic rings. The van der Waals surface area contributed by atoms with Gasteiger partial charge in [0.05, 0.1) is 0 Å². The van der Waals surface area contributed by atoms with Crippen molar-refractivity contribution in [3.05, 3.63) is 53.9 Å². The third-order valence-electron chi connectivity index (χ3n) is 3.78. The van der Waals surface area contributed by atoms with Crippen molar-refractivity contribution in [2.24, 2.45) is 0 Å². The summed E-state index contributed by atoms with van der Waals surface area (Å²) in [4.78, 5) is 0. The van der Waals surface area contributed by atoms with Crippen LogP contribution in [0, 0.1) is 0 Å². The number of hydrogen-bond acceptors (Lipinski definition) is 2. The van der Waals surface area contributed by atoms with Crippen molar-refractivity contribution in [3.63, 3.8) is 0 Å². The molecule has 3 rings (SSSR count). The minimum Gasteiger partial charge on any atom is -0.488 e. The minimum atomic E-state index is 0.266. The van der Waals surface area contributed by atoms with Gasteiger partial charge in [0.1, 0.15) is 11.9 Å². The highest BCUT2D eigenvalue weighted by molar-refractivity contribution is 5.37.